The number of primary amides is 1. The van der Waals surface area contributed by atoms with Crippen LogP contribution in [0, 0.1) is 0 Å². The van der Waals surface area contributed by atoms with Crippen LogP contribution in [0.1, 0.15) is 12.8 Å². The Bertz CT molecular complexity index is 321. The van der Waals surface area contributed by atoms with Crippen LogP contribution < -0.4 is 5.73 Å². The van der Waals surface area contributed by atoms with E-state index < -0.39 is 42.9 Å². The highest BCUT2D eigenvalue weighted by Gasteiger charge is 2.30. The van der Waals surface area contributed by atoms with Gasteiger partial charge in [0.25, 0.3) is 0 Å². The Morgan fingerprint density at radius 2 is 1.68 bits per heavy atom. The van der Waals surface area contributed by atoms with Crippen LogP contribution in [0.2, 0.25) is 0 Å². The van der Waals surface area contributed by atoms with Gasteiger partial charge < -0.3 is 35.7 Å². The number of hydrogen-bond donors (Lipinski definition) is 5. The zero-order valence-electron chi connectivity index (χ0n) is 10.0. The summed E-state index contributed by atoms with van der Waals surface area (Å²) >= 11 is 0. The van der Waals surface area contributed by atoms with Crippen LogP contribution in [0.3, 0.4) is 0 Å². The molecule has 0 unspecified atom stereocenters. The molecule has 0 aromatic rings. The molecule has 0 heterocycles. The zero-order chi connectivity index (χ0) is 15.0. The molecule has 0 saturated carbocycles. The molecule has 0 fully saturated rings. The third kappa shape index (κ3) is 6.82. The summed E-state index contributed by atoms with van der Waals surface area (Å²) in [6.45, 7) is -0.665. The van der Waals surface area contributed by atoms with Gasteiger partial charge in [-0.25, -0.2) is 0 Å². The van der Waals surface area contributed by atoms with Crippen LogP contribution in [0.15, 0.2) is 0 Å². The average molecular weight is 279 g/mol. The second kappa shape index (κ2) is 8.53. The van der Waals surface area contributed by atoms with E-state index >= 15 is 0 Å². The quantitative estimate of drug-likeness (QED) is 0.213. The number of aliphatic hydroxyl groups excluding tert-OH is 4. The summed E-state index contributed by atoms with van der Waals surface area (Å²) in [5.74, 6) is -1.52. The smallest absolute Gasteiger partial charge is 0.306 e. The molecule has 0 aliphatic rings. The van der Waals surface area contributed by atoms with Crippen molar-refractivity contribution < 1.29 is 39.5 Å². The second-order valence-electron chi connectivity index (χ2n) is 3.82. The normalized spacial score (nSPS) is 17.1. The van der Waals surface area contributed by atoms with Crippen LogP contribution in [0.25, 0.3) is 0 Å². The number of hydrogen-bond acceptors (Lipinski definition) is 8. The standard InChI is InChI=1S/C10H17NO8/c11-7(15)1-2-8(16)19-4-6(14)10(18)9(17)5(13)3-12/h3,5-6,9-10,13-14,17-18H,1-2,4H2,(H2,11,15)/t5-,6+,9+,10+/m0/s1. The van der Waals surface area contributed by atoms with Crippen molar-refractivity contribution >= 4 is 18.2 Å². The summed E-state index contributed by atoms with van der Waals surface area (Å²) in [7, 11) is 0. The minimum Gasteiger partial charge on any atom is -0.463 e. The summed E-state index contributed by atoms with van der Waals surface area (Å²) in [5.41, 5.74) is 4.80. The summed E-state index contributed by atoms with van der Waals surface area (Å²) in [4.78, 5) is 31.6. The van der Waals surface area contributed by atoms with E-state index in [1.54, 1.807) is 0 Å². The van der Waals surface area contributed by atoms with Gasteiger partial charge in [0.05, 0.1) is 6.42 Å². The molecule has 110 valence electrons. The fourth-order valence-electron chi connectivity index (χ4n) is 1.08. The SMILES string of the molecule is NC(=O)CCC(=O)OC[C@@H](O)[C@@H](O)[C@H](O)[C@@H](O)C=O. The average Bonchev–Trinajstić information content (AvgIpc) is 2.39. The van der Waals surface area contributed by atoms with Crippen molar-refractivity contribution in [3.05, 3.63) is 0 Å². The molecule has 1 amide bonds. The van der Waals surface area contributed by atoms with E-state index in [1.165, 1.54) is 0 Å². The van der Waals surface area contributed by atoms with Crippen LogP contribution in [0.5, 0.6) is 0 Å². The van der Waals surface area contributed by atoms with Crippen molar-refractivity contribution in [3.8, 4) is 0 Å². The van der Waals surface area contributed by atoms with Gasteiger partial charge in [0.1, 0.15) is 31.0 Å². The zero-order valence-corrected chi connectivity index (χ0v) is 10.0. The van der Waals surface area contributed by atoms with E-state index in [4.69, 9.17) is 10.8 Å². The van der Waals surface area contributed by atoms with E-state index in [9.17, 15) is 29.7 Å². The maximum atomic E-state index is 11.0. The number of rotatable bonds is 9. The van der Waals surface area contributed by atoms with Gasteiger partial charge in [-0.15, -0.1) is 0 Å². The Morgan fingerprint density at radius 1 is 1.11 bits per heavy atom. The Balaban J connectivity index is 4.09. The number of ether oxygens (including phenoxy) is 1. The molecule has 9 heteroatoms. The second-order valence-corrected chi connectivity index (χ2v) is 3.82. The number of carbonyl (C=O) groups excluding carboxylic acids is 3. The first-order chi connectivity index (χ1) is 8.79. The maximum Gasteiger partial charge on any atom is 0.306 e. The maximum absolute atomic E-state index is 11.0. The van der Waals surface area contributed by atoms with E-state index in [0.717, 1.165) is 0 Å². The predicted molar refractivity (Wildman–Crippen MR) is 59.5 cm³/mol. The van der Waals surface area contributed by atoms with Crippen molar-refractivity contribution in [2.45, 2.75) is 37.3 Å². The Hall–Kier alpha value is -1.55. The molecule has 0 saturated heterocycles. The largest absolute Gasteiger partial charge is 0.463 e. The van der Waals surface area contributed by atoms with E-state index in [1.807, 2.05) is 0 Å². The highest BCUT2D eigenvalue weighted by Crippen LogP contribution is 2.05. The lowest BCUT2D eigenvalue weighted by Gasteiger charge is -2.23. The lowest BCUT2D eigenvalue weighted by atomic mass is 10.0. The van der Waals surface area contributed by atoms with Gasteiger partial charge in [-0.2, -0.15) is 0 Å². The first-order valence-electron chi connectivity index (χ1n) is 5.41. The van der Waals surface area contributed by atoms with E-state index in [2.05, 4.69) is 4.74 Å². The van der Waals surface area contributed by atoms with Crippen molar-refractivity contribution in [1.29, 1.82) is 0 Å². The van der Waals surface area contributed by atoms with Gasteiger partial charge >= 0.3 is 5.97 Å². The lowest BCUT2D eigenvalue weighted by molar-refractivity contribution is -0.156. The Kier molecular flexibility index (Phi) is 7.84. The number of carbonyl (C=O) groups is 3. The van der Waals surface area contributed by atoms with Crippen LogP contribution >= 0.6 is 0 Å². The lowest BCUT2D eigenvalue weighted by Crippen LogP contribution is -2.46. The van der Waals surface area contributed by atoms with Crippen LogP contribution in [0.4, 0.5) is 0 Å². The minimum absolute atomic E-state index is 0.0144. The van der Waals surface area contributed by atoms with Crippen LogP contribution in [-0.4, -0.2) is 69.6 Å². The molecule has 0 aromatic carbocycles. The molecule has 0 aliphatic heterocycles. The van der Waals surface area contributed by atoms with Gasteiger partial charge in [0.15, 0.2) is 6.29 Å². The molecule has 6 N–H and O–H groups in total. The molecular formula is C10H17NO8. The third-order valence-corrected chi connectivity index (χ3v) is 2.22. The number of aldehydes is 1. The Labute approximate surface area is 108 Å². The third-order valence-electron chi connectivity index (χ3n) is 2.22. The summed E-state index contributed by atoms with van der Waals surface area (Å²) in [5, 5.41) is 36.8. The van der Waals surface area contributed by atoms with Crippen LogP contribution in [-0.2, 0) is 19.1 Å². The van der Waals surface area contributed by atoms with Gasteiger partial charge in [-0.1, -0.05) is 0 Å². The molecular weight excluding hydrogens is 262 g/mol. The molecule has 0 rings (SSSR count). The first kappa shape index (κ1) is 17.4. The number of amides is 1. The van der Waals surface area contributed by atoms with Gasteiger partial charge in [0, 0.05) is 6.42 Å². The van der Waals surface area contributed by atoms with E-state index in [-0.39, 0.29) is 19.1 Å². The molecule has 0 radical (unpaired) electrons. The number of esters is 1. The predicted octanol–water partition coefficient (Wildman–Crippen LogP) is -3.56. The topological polar surface area (TPSA) is 167 Å². The fraction of sp³-hybridized carbons (Fsp3) is 0.700. The molecule has 0 spiro atoms. The molecule has 0 bridgehead atoms. The molecule has 19 heavy (non-hydrogen) atoms. The van der Waals surface area contributed by atoms with E-state index in [0.29, 0.717) is 0 Å². The highest BCUT2D eigenvalue weighted by atomic mass is 16.5. The first-order valence-corrected chi connectivity index (χ1v) is 5.41. The molecule has 0 aromatic heterocycles. The van der Waals surface area contributed by atoms with Gasteiger partial charge in [-0.05, 0) is 0 Å². The van der Waals surface area contributed by atoms with Crippen molar-refractivity contribution in [1.82, 2.24) is 0 Å². The summed E-state index contributed by atoms with van der Waals surface area (Å²) in [6, 6.07) is 0. The molecule has 0 aliphatic carbocycles. The Morgan fingerprint density at radius 3 is 2.16 bits per heavy atom. The van der Waals surface area contributed by atoms with Gasteiger partial charge in [-0.3, -0.25) is 9.59 Å². The fourth-order valence-corrected chi connectivity index (χ4v) is 1.08. The minimum atomic E-state index is -1.91. The van der Waals surface area contributed by atoms with Crippen molar-refractivity contribution in [2.75, 3.05) is 6.61 Å². The highest BCUT2D eigenvalue weighted by molar-refractivity contribution is 5.79. The number of nitrogens with two attached hydrogens (primary N) is 1. The monoisotopic (exact) mass is 279 g/mol. The van der Waals surface area contributed by atoms with Crippen molar-refractivity contribution in [2.24, 2.45) is 5.73 Å². The molecule has 4 atom stereocenters. The number of aliphatic hydroxyl groups is 4. The summed E-state index contributed by atoms with van der Waals surface area (Å²) < 4.78 is 4.50. The van der Waals surface area contributed by atoms with Gasteiger partial charge in [0.2, 0.25) is 5.91 Å². The van der Waals surface area contributed by atoms with Crippen molar-refractivity contribution in [3.63, 3.8) is 0 Å². The molecule has 9 nitrogen and oxygen atoms in total. The summed E-state index contributed by atoms with van der Waals surface area (Å²) in [6.07, 6.45) is -7.85.